The summed E-state index contributed by atoms with van der Waals surface area (Å²) in [5, 5.41) is 3.76. The van der Waals surface area contributed by atoms with Crippen LogP contribution in [0.25, 0.3) is 0 Å². The molecule has 0 bridgehead atoms. The second-order valence-electron chi connectivity index (χ2n) is 7.21. The van der Waals surface area contributed by atoms with Gasteiger partial charge < -0.3 is 5.32 Å². The van der Waals surface area contributed by atoms with Gasteiger partial charge in [-0.3, -0.25) is 4.90 Å². The molecule has 120 valence electrons. The lowest BCUT2D eigenvalue weighted by atomic mass is 9.67. The van der Waals surface area contributed by atoms with Crippen molar-refractivity contribution in [2.75, 3.05) is 19.6 Å². The lowest BCUT2D eigenvalue weighted by Gasteiger charge is -2.47. The molecule has 1 aliphatic rings. The van der Waals surface area contributed by atoms with Gasteiger partial charge in [-0.05, 0) is 56.7 Å². The molecule has 1 aliphatic carbocycles. The molecule has 20 heavy (non-hydrogen) atoms. The van der Waals surface area contributed by atoms with Crippen LogP contribution in [0.3, 0.4) is 0 Å². The van der Waals surface area contributed by atoms with Crippen molar-refractivity contribution < 1.29 is 0 Å². The number of nitrogens with zero attached hydrogens (tertiary/aromatic N) is 1. The average Bonchev–Trinajstić information content (AvgIpc) is 2.45. The second kappa shape index (κ2) is 8.38. The molecule has 0 aromatic rings. The second-order valence-corrected chi connectivity index (χ2v) is 7.21. The molecule has 0 aromatic heterocycles. The van der Waals surface area contributed by atoms with E-state index in [-0.39, 0.29) is 0 Å². The fraction of sp³-hybridized carbons (Fsp3) is 1.00. The van der Waals surface area contributed by atoms with Crippen LogP contribution < -0.4 is 5.32 Å². The molecule has 3 unspecified atom stereocenters. The Kier molecular flexibility index (Phi) is 7.53. The zero-order chi connectivity index (χ0) is 15.2. The van der Waals surface area contributed by atoms with Crippen molar-refractivity contribution in [3.63, 3.8) is 0 Å². The van der Waals surface area contributed by atoms with Crippen LogP contribution in [0.5, 0.6) is 0 Å². The zero-order valence-electron chi connectivity index (χ0n) is 14.8. The van der Waals surface area contributed by atoms with E-state index in [4.69, 9.17) is 0 Å². The van der Waals surface area contributed by atoms with Gasteiger partial charge >= 0.3 is 0 Å². The van der Waals surface area contributed by atoms with Crippen molar-refractivity contribution >= 4 is 0 Å². The maximum atomic E-state index is 3.76. The maximum Gasteiger partial charge on any atom is 0.0252 e. The average molecular weight is 283 g/mol. The van der Waals surface area contributed by atoms with E-state index in [1.54, 1.807) is 0 Å². The van der Waals surface area contributed by atoms with Crippen molar-refractivity contribution in [3.05, 3.63) is 0 Å². The van der Waals surface area contributed by atoms with Gasteiger partial charge in [0.2, 0.25) is 0 Å². The van der Waals surface area contributed by atoms with Crippen LogP contribution in [-0.2, 0) is 0 Å². The van der Waals surface area contributed by atoms with E-state index in [0.29, 0.717) is 11.5 Å². The SMILES string of the molecule is CCCN(CC)C1CC(C(C)(C)CC)CCC1NCC. The van der Waals surface area contributed by atoms with Gasteiger partial charge in [-0.25, -0.2) is 0 Å². The highest BCUT2D eigenvalue weighted by atomic mass is 15.2. The first-order valence-corrected chi connectivity index (χ1v) is 8.97. The summed E-state index contributed by atoms with van der Waals surface area (Å²) < 4.78 is 0. The van der Waals surface area contributed by atoms with E-state index in [1.165, 1.54) is 45.2 Å². The molecule has 0 saturated heterocycles. The van der Waals surface area contributed by atoms with Gasteiger partial charge in [-0.2, -0.15) is 0 Å². The van der Waals surface area contributed by atoms with Crippen molar-refractivity contribution in [2.45, 2.75) is 85.7 Å². The van der Waals surface area contributed by atoms with Crippen LogP contribution in [0.1, 0.15) is 73.6 Å². The summed E-state index contributed by atoms with van der Waals surface area (Å²) in [4.78, 5) is 2.73. The molecule has 2 heteroatoms. The van der Waals surface area contributed by atoms with Crippen LogP contribution in [0.15, 0.2) is 0 Å². The lowest BCUT2D eigenvalue weighted by molar-refractivity contribution is 0.0526. The Morgan fingerprint density at radius 3 is 2.30 bits per heavy atom. The molecular formula is C18H38N2. The normalized spacial score (nSPS) is 28.1. The van der Waals surface area contributed by atoms with Crippen molar-refractivity contribution in [3.8, 4) is 0 Å². The third-order valence-corrected chi connectivity index (χ3v) is 5.69. The maximum absolute atomic E-state index is 3.76. The first kappa shape index (κ1) is 18.0. The van der Waals surface area contributed by atoms with Crippen LogP contribution in [0, 0.1) is 11.3 Å². The van der Waals surface area contributed by atoms with Crippen molar-refractivity contribution in [1.29, 1.82) is 0 Å². The highest BCUT2D eigenvalue weighted by Gasteiger charge is 2.38. The Labute approximate surface area is 127 Å². The number of likely N-dealkylation sites (N-methyl/N-ethyl adjacent to an activating group) is 2. The number of rotatable bonds is 8. The first-order chi connectivity index (χ1) is 9.50. The molecule has 0 aromatic carbocycles. The van der Waals surface area contributed by atoms with Crippen LogP contribution in [-0.4, -0.2) is 36.6 Å². The quantitative estimate of drug-likeness (QED) is 0.714. The molecule has 1 rings (SSSR count). The Balaban J connectivity index is 2.80. The summed E-state index contributed by atoms with van der Waals surface area (Å²) in [7, 11) is 0. The highest BCUT2D eigenvalue weighted by Crippen LogP contribution is 2.41. The van der Waals surface area contributed by atoms with E-state index in [1.807, 2.05) is 0 Å². The van der Waals surface area contributed by atoms with Gasteiger partial charge in [0, 0.05) is 12.1 Å². The largest absolute Gasteiger partial charge is 0.313 e. The minimum atomic E-state index is 0.501. The minimum absolute atomic E-state index is 0.501. The summed E-state index contributed by atoms with van der Waals surface area (Å²) >= 11 is 0. The number of hydrogen-bond donors (Lipinski definition) is 1. The third kappa shape index (κ3) is 4.46. The predicted octanol–water partition coefficient (Wildman–Crippen LogP) is 4.30. The molecule has 3 atom stereocenters. The van der Waals surface area contributed by atoms with Gasteiger partial charge in [0.15, 0.2) is 0 Å². The Morgan fingerprint density at radius 2 is 1.80 bits per heavy atom. The van der Waals surface area contributed by atoms with Crippen molar-refractivity contribution in [1.82, 2.24) is 10.2 Å². The highest BCUT2D eigenvalue weighted by molar-refractivity contribution is 4.94. The molecule has 0 amide bonds. The topological polar surface area (TPSA) is 15.3 Å². The third-order valence-electron chi connectivity index (χ3n) is 5.69. The van der Waals surface area contributed by atoms with Crippen LogP contribution >= 0.6 is 0 Å². The molecule has 0 heterocycles. The predicted molar refractivity (Wildman–Crippen MR) is 90.2 cm³/mol. The van der Waals surface area contributed by atoms with Gasteiger partial charge in [-0.1, -0.05) is 48.0 Å². The monoisotopic (exact) mass is 282 g/mol. The molecule has 1 fully saturated rings. The van der Waals surface area contributed by atoms with Crippen LogP contribution in [0.4, 0.5) is 0 Å². The summed E-state index contributed by atoms with van der Waals surface area (Å²) in [5.74, 6) is 0.887. The number of nitrogens with one attached hydrogen (secondary N) is 1. The standard InChI is InChI=1S/C18H38N2/c1-7-13-20(10-4)17-14-15(18(5,6)8-2)11-12-16(17)19-9-3/h15-17,19H,7-14H2,1-6H3. The Hall–Kier alpha value is -0.0800. The first-order valence-electron chi connectivity index (χ1n) is 8.97. The van der Waals surface area contributed by atoms with E-state index in [9.17, 15) is 0 Å². The minimum Gasteiger partial charge on any atom is -0.313 e. The van der Waals surface area contributed by atoms with Crippen molar-refractivity contribution in [2.24, 2.45) is 11.3 Å². The summed E-state index contributed by atoms with van der Waals surface area (Å²) in [6.07, 6.45) is 6.71. The molecule has 1 saturated carbocycles. The molecule has 0 aliphatic heterocycles. The molecule has 0 spiro atoms. The Bertz CT molecular complexity index is 254. The van der Waals surface area contributed by atoms with E-state index in [0.717, 1.165) is 18.5 Å². The molecule has 2 nitrogen and oxygen atoms in total. The van der Waals surface area contributed by atoms with Gasteiger partial charge in [0.1, 0.15) is 0 Å². The Morgan fingerprint density at radius 1 is 1.10 bits per heavy atom. The van der Waals surface area contributed by atoms with Gasteiger partial charge in [-0.15, -0.1) is 0 Å². The fourth-order valence-electron chi connectivity index (χ4n) is 3.89. The van der Waals surface area contributed by atoms with E-state index >= 15 is 0 Å². The lowest BCUT2D eigenvalue weighted by Crippen LogP contribution is -2.54. The zero-order valence-corrected chi connectivity index (χ0v) is 14.8. The fourth-order valence-corrected chi connectivity index (χ4v) is 3.89. The molecule has 0 radical (unpaired) electrons. The van der Waals surface area contributed by atoms with Gasteiger partial charge in [0.05, 0.1) is 0 Å². The smallest absolute Gasteiger partial charge is 0.0252 e. The van der Waals surface area contributed by atoms with E-state index < -0.39 is 0 Å². The van der Waals surface area contributed by atoms with Gasteiger partial charge in [0.25, 0.3) is 0 Å². The summed E-state index contributed by atoms with van der Waals surface area (Å²) in [6.45, 7) is 17.7. The number of hydrogen-bond acceptors (Lipinski definition) is 2. The molecular weight excluding hydrogens is 244 g/mol. The van der Waals surface area contributed by atoms with E-state index in [2.05, 4.69) is 51.8 Å². The summed E-state index contributed by atoms with van der Waals surface area (Å²) in [5.41, 5.74) is 0.501. The molecule has 1 N–H and O–H groups in total. The van der Waals surface area contributed by atoms with Crippen LogP contribution in [0.2, 0.25) is 0 Å². The summed E-state index contributed by atoms with van der Waals surface area (Å²) in [6, 6.07) is 1.44.